The van der Waals surface area contributed by atoms with Crippen LogP contribution in [0.3, 0.4) is 0 Å². The molecule has 0 aromatic heterocycles. The predicted molar refractivity (Wildman–Crippen MR) is 34.6 cm³/mol. The summed E-state index contributed by atoms with van der Waals surface area (Å²) in [5.41, 5.74) is -0.727. The molecule has 0 heterocycles. The minimum absolute atomic E-state index is 0.0567. The van der Waals surface area contributed by atoms with Gasteiger partial charge in [-0.25, -0.2) is 8.42 Å². The van der Waals surface area contributed by atoms with Crippen molar-refractivity contribution in [1.29, 1.82) is 5.26 Å². The Labute approximate surface area is 56.2 Å². The van der Waals surface area contributed by atoms with Gasteiger partial charge in [-0.3, -0.25) is 0 Å². The molecule has 0 aliphatic rings. The Hall–Kier alpha value is -0.560. The number of nitrogens with zero attached hydrogens (tertiary/aromatic N) is 1. The predicted octanol–water partition coefficient (Wildman–Crippen LogP) is 0.148. The SMILES string of the molecule is CC(C)(C#N)C[SH](=O)=O. The van der Waals surface area contributed by atoms with E-state index < -0.39 is 16.1 Å². The molecule has 0 saturated heterocycles. The molecule has 9 heavy (non-hydrogen) atoms. The Kier molecular flexibility index (Phi) is 2.65. The van der Waals surface area contributed by atoms with Crippen LogP contribution in [-0.2, 0) is 10.7 Å². The Morgan fingerprint density at radius 1 is 1.56 bits per heavy atom. The van der Waals surface area contributed by atoms with E-state index >= 15 is 0 Å². The van der Waals surface area contributed by atoms with Gasteiger partial charge in [0.2, 0.25) is 0 Å². The molecule has 0 aromatic carbocycles. The van der Waals surface area contributed by atoms with Crippen molar-refractivity contribution in [2.75, 3.05) is 5.75 Å². The second kappa shape index (κ2) is 2.83. The van der Waals surface area contributed by atoms with Gasteiger partial charge < -0.3 is 0 Å². The first-order valence-corrected chi connectivity index (χ1v) is 3.87. The summed E-state index contributed by atoms with van der Waals surface area (Å²) in [6.07, 6.45) is 0. The summed E-state index contributed by atoms with van der Waals surface area (Å²) in [7, 11) is -2.42. The molecule has 0 unspecified atom stereocenters. The van der Waals surface area contributed by atoms with Crippen LogP contribution in [0.5, 0.6) is 0 Å². The first-order chi connectivity index (χ1) is 3.98. The molecule has 0 aliphatic heterocycles. The van der Waals surface area contributed by atoms with Crippen LogP contribution in [0.15, 0.2) is 0 Å². The minimum Gasteiger partial charge on any atom is -0.232 e. The molecule has 0 N–H and O–H groups in total. The summed E-state index contributed by atoms with van der Waals surface area (Å²) in [5.74, 6) is -0.0567. The molecule has 3 nitrogen and oxygen atoms in total. The van der Waals surface area contributed by atoms with E-state index in [-0.39, 0.29) is 5.75 Å². The molecule has 0 aromatic rings. The average molecular weight is 147 g/mol. The van der Waals surface area contributed by atoms with E-state index in [4.69, 9.17) is 5.26 Å². The maximum atomic E-state index is 10.1. The largest absolute Gasteiger partial charge is 0.232 e. The molecule has 0 fully saturated rings. The first kappa shape index (κ1) is 8.44. The number of rotatable bonds is 2. The highest BCUT2D eigenvalue weighted by molar-refractivity contribution is 7.72. The highest BCUT2D eigenvalue weighted by atomic mass is 32.2. The van der Waals surface area contributed by atoms with E-state index in [9.17, 15) is 8.42 Å². The van der Waals surface area contributed by atoms with Gasteiger partial charge in [-0.2, -0.15) is 5.26 Å². The summed E-state index contributed by atoms with van der Waals surface area (Å²) in [6.45, 7) is 3.19. The van der Waals surface area contributed by atoms with E-state index in [1.165, 1.54) is 0 Å². The van der Waals surface area contributed by atoms with Crippen LogP contribution < -0.4 is 0 Å². The zero-order valence-electron chi connectivity index (χ0n) is 5.42. The van der Waals surface area contributed by atoms with E-state index in [0.717, 1.165) is 0 Å². The van der Waals surface area contributed by atoms with Crippen LogP contribution in [0.25, 0.3) is 0 Å². The van der Waals surface area contributed by atoms with Crippen molar-refractivity contribution >= 4 is 10.7 Å². The second-order valence-electron chi connectivity index (χ2n) is 2.49. The standard InChI is InChI=1S/C5H9NO2S/c1-5(2,3-6)4-9(7)8/h9H,4H2,1-2H3. The summed E-state index contributed by atoms with van der Waals surface area (Å²) >= 11 is 0. The van der Waals surface area contributed by atoms with E-state index in [1.54, 1.807) is 13.8 Å². The fourth-order valence-corrected chi connectivity index (χ4v) is 1.07. The monoisotopic (exact) mass is 147 g/mol. The number of hydrogen-bond donors (Lipinski definition) is 1. The molecule has 0 radical (unpaired) electrons. The van der Waals surface area contributed by atoms with Gasteiger partial charge >= 0.3 is 0 Å². The van der Waals surface area contributed by atoms with Crippen molar-refractivity contribution in [2.24, 2.45) is 5.41 Å². The van der Waals surface area contributed by atoms with Crippen LogP contribution in [0.2, 0.25) is 0 Å². The van der Waals surface area contributed by atoms with Crippen LogP contribution in [0, 0.1) is 16.7 Å². The lowest BCUT2D eigenvalue weighted by molar-refractivity contribution is 0.542. The Bertz CT molecular complexity index is 191. The molecule has 0 rings (SSSR count). The minimum atomic E-state index is -2.42. The smallest absolute Gasteiger partial charge is 0.141 e. The molecule has 0 saturated carbocycles. The van der Waals surface area contributed by atoms with Crippen molar-refractivity contribution in [3.05, 3.63) is 0 Å². The van der Waals surface area contributed by atoms with E-state index in [1.807, 2.05) is 6.07 Å². The van der Waals surface area contributed by atoms with Crippen molar-refractivity contribution < 1.29 is 8.42 Å². The van der Waals surface area contributed by atoms with Gasteiger partial charge in [0.1, 0.15) is 10.7 Å². The van der Waals surface area contributed by atoms with Crippen LogP contribution in [0.1, 0.15) is 13.8 Å². The third-order valence-electron chi connectivity index (χ3n) is 0.827. The highest BCUT2D eigenvalue weighted by Gasteiger charge is 2.17. The number of nitriles is 1. The molecule has 4 heteroatoms. The molecule has 0 atom stereocenters. The van der Waals surface area contributed by atoms with Crippen molar-refractivity contribution in [3.63, 3.8) is 0 Å². The van der Waals surface area contributed by atoms with Crippen molar-refractivity contribution in [3.8, 4) is 6.07 Å². The molecule has 0 bridgehead atoms. The lowest BCUT2D eigenvalue weighted by Crippen LogP contribution is -2.14. The van der Waals surface area contributed by atoms with Gasteiger partial charge in [-0.1, -0.05) is 0 Å². The van der Waals surface area contributed by atoms with Crippen LogP contribution in [0.4, 0.5) is 0 Å². The van der Waals surface area contributed by atoms with Gasteiger partial charge in [0.25, 0.3) is 0 Å². The van der Waals surface area contributed by atoms with Gasteiger partial charge in [0, 0.05) is 0 Å². The molecular weight excluding hydrogens is 138 g/mol. The maximum Gasteiger partial charge on any atom is 0.141 e. The third kappa shape index (κ3) is 3.98. The quantitative estimate of drug-likeness (QED) is 0.565. The van der Waals surface area contributed by atoms with Gasteiger partial charge in [0.05, 0.1) is 17.2 Å². The van der Waals surface area contributed by atoms with Crippen molar-refractivity contribution in [1.82, 2.24) is 0 Å². The maximum absolute atomic E-state index is 10.1. The number of thiol groups is 1. The first-order valence-electron chi connectivity index (χ1n) is 2.51. The molecule has 0 aliphatic carbocycles. The van der Waals surface area contributed by atoms with Crippen LogP contribution >= 0.6 is 0 Å². The Morgan fingerprint density at radius 2 is 2.00 bits per heavy atom. The van der Waals surface area contributed by atoms with E-state index in [0.29, 0.717) is 0 Å². The Balaban J connectivity index is 4.07. The highest BCUT2D eigenvalue weighted by Crippen LogP contribution is 2.11. The number of hydrogen-bond acceptors (Lipinski definition) is 3. The molecule has 0 amide bonds. The van der Waals surface area contributed by atoms with Gasteiger partial charge in [0.15, 0.2) is 0 Å². The molecule has 52 valence electrons. The average Bonchev–Trinajstić information content (AvgIpc) is 1.63. The summed E-state index contributed by atoms with van der Waals surface area (Å²) in [4.78, 5) is 0. The lowest BCUT2D eigenvalue weighted by Gasteiger charge is -2.07. The summed E-state index contributed by atoms with van der Waals surface area (Å²) in [5, 5.41) is 8.33. The summed E-state index contributed by atoms with van der Waals surface area (Å²) in [6, 6.07) is 1.89. The normalized spacial score (nSPS) is 11.3. The van der Waals surface area contributed by atoms with E-state index in [2.05, 4.69) is 0 Å². The topological polar surface area (TPSA) is 57.9 Å². The fourth-order valence-electron chi connectivity index (χ4n) is 0.358. The Morgan fingerprint density at radius 3 is 2.11 bits per heavy atom. The lowest BCUT2D eigenvalue weighted by atomic mass is 10.00. The molecular formula is C5H9NO2S. The van der Waals surface area contributed by atoms with Crippen molar-refractivity contribution in [2.45, 2.75) is 13.8 Å². The fraction of sp³-hybridized carbons (Fsp3) is 0.800. The van der Waals surface area contributed by atoms with Crippen LogP contribution in [-0.4, -0.2) is 14.2 Å². The molecule has 0 spiro atoms. The summed E-state index contributed by atoms with van der Waals surface area (Å²) < 4.78 is 20.1. The van der Waals surface area contributed by atoms with Gasteiger partial charge in [-0.15, -0.1) is 0 Å². The van der Waals surface area contributed by atoms with Gasteiger partial charge in [-0.05, 0) is 13.8 Å². The third-order valence-corrected chi connectivity index (χ3v) is 1.88. The zero-order valence-corrected chi connectivity index (χ0v) is 6.31. The zero-order chi connectivity index (χ0) is 7.49. The second-order valence-corrected chi connectivity index (χ2v) is 3.47.